The highest BCUT2D eigenvalue weighted by atomic mass is 16.5. The molecule has 1 heterocycles. The standard InChI is InChI=1S/C57H86N14O27/c72-32-97-38(65-57(96)66-39(98-33-73)10-12-41(77)78)6-2-4-14-60-46-48(52(88)50(46)86)62-17-20-67(19-16-61-47-45(49(85)51(47)87)59-13-3-1-5-34(53(89)90)63-56(95)64-35(54(91)92)7-11-40(75)76)18-15-58-37(74)9-8-36(55(93)94)71-27-25-69(30-43(81)82)23-21-68(29-42(79)80)22-24-70(26-28-71)31-44(83)84/h32-36,38-39,59-62H,1-31H2,(H,58,74)(H,75,76)(H,77,78)(H,79,80)(H,81,82)(H,83,84)(H,89,90)(H,91,92)(H,93,94)(H2,63,64,95)(H2,65,66,96). The zero-order chi connectivity index (χ0) is 72.9. The molecular formula is C57H86N14O27. The monoisotopic (exact) mass is 1400 g/mol. The summed E-state index contributed by atoms with van der Waals surface area (Å²) < 4.78 is 9.59. The van der Waals surface area contributed by atoms with Crippen LogP contribution in [0.3, 0.4) is 0 Å². The molecule has 1 fully saturated rings. The van der Waals surface area contributed by atoms with Crippen molar-refractivity contribution in [2.24, 2.45) is 0 Å². The van der Waals surface area contributed by atoms with Crippen molar-refractivity contribution in [3.8, 4) is 0 Å². The van der Waals surface area contributed by atoms with E-state index in [4.69, 9.17) is 14.9 Å². The van der Waals surface area contributed by atoms with Gasteiger partial charge >= 0.3 is 59.8 Å². The lowest BCUT2D eigenvalue weighted by atomic mass is 10.1. The number of carboxylic acids is 8. The number of hydrogen-bond acceptors (Lipinski definition) is 28. The third-order valence-electron chi connectivity index (χ3n) is 15.3. The molecule has 0 aromatic heterocycles. The van der Waals surface area contributed by atoms with Crippen molar-refractivity contribution >= 4 is 101 Å². The third kappa shape index (κ3) is 31.2. The fourth-order valence-electron chi connectivity index (χ4n) is 10.1. The van der Waals surface area contributed by atoms with Gasteiger partial charge in [0.05, 0.1) is 26.1 Å². The third-order valence-corrected chi connectivity index (χ3v) is 15.3. The molecule has 1 aliphatic heterocycles. The predicted molar refractivity (Wildman–Crippen MR) is 340 cm³/mol. The topological polar surface area (TPSA) is 595 Å². The summed E-state index contributed by atoms with van der Waals surface area (Å²) in [7, 11) is 0. The van der Waals surface area contributed by atoms with Crippen LogP contribution in [0.4, 0.5) is 32.3 Å². The summed E-state index contributed by atoms with van der Waals surface area (Å²) in [5.41, 5.74) is -3.71. The lowest BCUT2D eigenvalue weighted by Crippen LogP contribution is -2.52. The van der Waals surface area contributed by atoms with Crippen LogP contribution < -0.4 is 69.6 Å². The summed E-state index contributed by atoms with van der Waals surface area (Å²) in [5, 5.41) is 99.0. The van der Waals surface area contributed by atoms with Crippen molar-refractivity contribution in [3.05, 3.63) is 40.9 Å². The molecule has 2 aromatic carbocycles. The summed E-state index contributed by atoms with van der Waals surface area (Å²) in [6.45, 7) is -0.596. The summed E-state index contributed by atoms with van der Waals surface area (Å²) in [6.07, 6.45) is -4.08. The van der Waals surface area contributed by atoms with E-state index in [9.17, 15) is 112 Å². The molecule has 546 valence electrons. The Labute approximate surface area is 557 Å². The van der Waals surface area contributed by atoms with Crippen molar-refractivity contribution in [2.75, 3.05) is 146 Å². The van der Waals surface area contributed by atoms with Crippen molar-refractivity contribution in [2.45, 2.75) is 108 Å². The maximum absolute atomic E-state index is 13.5. The van der Waals surface area contributed by atoms with Gasteiger partial charge in [-0.25, -0.2) is 19.2 Å². The highest BCUT2D eigenvalue weighted by Gasteiger charge is 2.31. The van der Waals surface area contributed by atoms with Gasteiger partial charge in [-0.05, 0) is 44.9 Å². The Morgan fingerprint density at radius 2 is 0.776 bits per heavy atom. The number of unbranched alkanes of at least 4 members (excludes halogenated alkanes) is 2. The van der Waals surface area contributed by atoms with Gasteiger partial charge in [0.25, 0.3) is 34.7 Å². The number of aliphatic carboxylic acids is 8. The smallest absolute Gasteiger partial charge is 0.326 e. The quantitative estimate of drug-likeness (QED) is 0.0128. The van der Waals surface area contributed by atoms with Gasteiger partial charge < -0.3 is 98.2 Å². The Bertz CT molecular complexity index is 3140. The molecule has 1 aliphatic rings. The van der Waals surface area contributed by atoms with Crippen LogP contribution in [-0.2, 0) is 62.2 Å². The molecule has 0 spiro atoms. The first-order valence-electron chi connectivity index (χ1n) is 31.2. The second-order valence-corrected chi connectivity index (χ2v) is 22.5. The number of nitrogens with zero attached hydrogens (tertiary/aromatic N) is 5. The molecule has 41 nitrogen and oxygen atoms in total. The van der Waals surface area contributed by atoms with Crippen LogP contribution in [0.1, 0.15) is 77.0 Å². The maximum Gasteiger partial charge on any atom is 0.326 e. The molecule has 0 saturated carbocycles. The van der Waals surface area contributed by atoms with Gasteiger partial charge in [-0.1, -0.05) is 0 Å². The van der Waals surface area contributed by atoms with E-state index in [0.29, 0.717) is 6.42 Å². The summed E-state index contributed by atoms with van der Waals surface area (Å²) in [5.74, 6) is -11.0. The number of carbonyl (C=O) groups is 13. The van der Waals surface area contributed by atoms with E-state index in [2.05, 4.69) is 47.3 Å². The fraction of sp³-hybridized carbons (Fsp3) is 0.632. The molecule has 17 N–H and O–H groups in total. The largest absolute Gasteiger partial charge is 0.481 e. The van der Waals surface area contributed by atoms with Gasteiger partial charge in [0.1, 0.15) is 40.9 Å². The highest BCUT2D eigenvalue weighted by molar-refractivity contribution is 5.86. The predicted octanol–water partition coefficient (Wildman–Crippen LogP) is -5.07. The van der Waals surface area contributed by atoms with Gasteiger partial charge in [0, 0.05) is 130 Å². The minimum Gasteiger partial charge on any atom is -0.481 e. The fourth-order valence-corrected chi connectivity index (χ4v) is 10.1. The van der Waals surface area contributed by atoms with Gasteiger partial charge in [-0.3, -0.25) is 86.8 Å². The Hall–Kier alpha value is -10.1. The van der Waals surface area contributed by atoms with E-state index in [1.165, 1.54) is 14.7 Å². The molecule has 5 unspecified atom stereocenters. The number of nitrogens with one attached hydrogen (secondary N) is 9. The van der Waals surface area contributed by atoms with E-state index in [-0.39, 0.29) is 192 Å². The maximum atomic E-state index is 13.5. The second kappa shape index (κ2) is 43.8. The molecule has 0 bridgehead atoms. The first-order valence-corrected chi connectivity index (χ1v) is 31.2. The highest BCUT2D eigenvalue weighted by Crippen LogP contribution is 2.17. The van der Waals surface area contributed by atoms with Crippen LogP contribution >= 0.6 is 0 Å². The average molecular weight is 1400 g/mol. The Morgan fingerprint density at radius 1 is 0.408 bits per heavy atom. The number of hydrogen-bond donors (Lipinski definition) is 17. The van der Waals surface area contributed by atoms with Crippen molar-refractivity contribution < 1.29 is 113 Å². The lowest BCUT2D eigenvalue weighted by molar-refractivity contribution is -0.145. The molecule has 0 aliphatic carbocycles. The van der Waals surface area contributed by atoms with E-state index in [0.717, 1.165) is 0 Å². The summed E-state index contributed by atoms with van der Waals surface area (Å²) in [6, 6.07) is -6.56. The first kappa shape index (κ1) is 82.1. The van der Waals surface area contributed by atoms with Crippen LogP contribution in [0.25, 0.3) is 0 Å². The van der Waals surface area contributed by atoms with Gasteiger partial charge in [0.2, 0.25) is 5.91 Å². The minimum absolute atomic E-state index is 0.00300. The summed E-state index contributed by atoms with van der Waals surface area (Å²) in [4.78, 5) is 213. The van der Waals surface area contributed by atoms with E-state index in [1.807, 2.05) is 5.32 Å². The van der Waals surface area contributed by atoms with Crippen molar-refractivity contribution in [3.63, 3.8) is 0 Å². The first-order chi connectivity index (χ1) is 46.5. The van der Waals surface area contributed by atoms with Gasteiger partial charge in [-0.15, -0.1) is 0 Å². The van der Waals surface area contributed by atoms with Crippen LogP contribution in [0, 0.1) is 0 Å². The Kier molecular flexibility index (Phi) is 36.7. The number of rotatable bonds is 50. The van der Waals surface area contributed by atoms with Crippen LogP contribution in [0.15, 0.2) is 19.2 Å². The molecule has 41 heteroatoms. The SMILES string of the molecule is O=COC(CCCCNc1c(NCCN(CCNC(=O)CCC(C(=O)O)N2CCN(CC(=O)O)CCN(CC(=O)O)CCN(CC(=O)O)CC2)CCNc2c(NCCCCC(NC(=O)NC(CCC(=O)O)C(=O)O)C(=O)O)c(=O)c2=O)c(=O)c1=O)NC(=O)NC(CCC(=O)O)OC=O. The number of carbonyl (C=O) groups excluding carboxylic acids is 5. The molecule has 98 heavy (non-hydrogen) atoms. The molecule has 3 rings (SSSR count). The average Bonchev–Trinajstić information content (AvgIpc) is 0.793. The van der Waals surface area contributed by atoms with Gasteiger partial charge in [-0.2, -0.15) is 0 Å². The van der Waals surface area contributed by atoms with E-state index >= 15 is 0 Å². The molecule has 5 atom stereocenters. The number of urea groups is 2. The molecular weight excluding hydrogens is 1310 g/mol. The number of anilines is 4. The van der Waals surface area contributed by atoms with Crippen LogP contribution in [-0.4, -0.2) is 299 Å². The van der Waals surface area contributed by atoms with Crippen molar-refractivity contribution in [1.82, 2.24) is 51.1 Å². The van der Waals surface area contributed by atoms with Gasteiger partial charge in [0.15, 0.2) is 12.5 Å². The molecule has 0 radical (unpaired) electrons. The van der Waals surface area contributed by atoms with E-state index in [1.54, 1.807) is 9.80 Å². The Morgan fingerprint density at radius 3 is 1.17 bits per heavy atom. The molecule has 2 aromatic rings. The summed E-state index contributed by atoms with van der Waals surface area (Å²) >= 11 is 0. The minimum atomic E-state index is -1.62. The van der Waals surface area contributed by atoms with E-state index < -0.39 is 157 Å². The zero-order valence-electron chi connectivity index (χ0n) is 53.5. The lowest BCUT2D eigenvalue weighted by Gasteiger charge is -2.35. The van der Waals surface area contributed by atoms with Crippen molar-refractivity contribution in [1.29, 1.82) is 0 Å². The van der Waals surface area contributed by atoms with Crippen LogP contribution in [0.2, 0.25) is 0 Å². The number of amides is 5. The van der Waals surface area contributed by atoms with Crippen LogP contribution in [0.5, 0.6) is 0 Å². The number of ether oxygens (including phenoxy) is 2. The Balaban J connectivity index is 1.71. The molecule has 1 saturated heterocycles. The normalized spacial score (nSPS) is 15.1. The molecule has 5 amide bonds. The second-order valence-electron chi connectivity index (χ2n) is 22.5. The zero-order valence-corrected chi connectivity index (χ0v) is 53.5. The number of carboxylic acid groups (broad SMARTS) is 8.